The largest absolute Gasteiger partial charge is 2.00 e. The molecule has 0 amide bonds. The molecule has 6 heteroatoms. The molecule has 4 aliphatic rings. The summed E-state index contributed by atoms with van der Waals surface area (Å²) in [5, 5.41) is 2.74. The Morgan fingerprint density at radius 1 is 0.471 bits per heavy atom. The van der Waals surface area contributed by atoms with Crippen LogP contribution in [0.3, 0.4) is 0 Å². The van der Waals surface area contributed by atoms with Crippen molar-refractivity contribution in [1.29, 1.82) is 0 Å². The number of nitrogens with zero attached hydrogens (tertiary/aromatic N) is 2. The number of rotatable bonds is 7. The fourth-order valence-electron chi connectivity index (χ4n) is 2.96. The van der Waals surface area contributed by atoms with Gasteiger partial charge in [0, 0.05) is 23.9 Å². The molecule has 0 N–H and O–H groups in total. The van der Waals surface area contributed by atoms with Crippen molar-refractivity contribution in [3.8, 4) is 0 Å². The van der Waals surface area contributed by atoms with Crippen molar-refractivity contribution in [3.05, 3.63) is 125 Å². The Morgan fingerprint density at radius 2 is 0.735 bits per heavy atom. The Balaban J connectivity index is 0.000000746. The molecule has 0 aromatic rings. The zero-order valence-corrected chi connectivity index (χ0v) is 24.7. The second kappa shape index (κ2) is 20.6. The average molecular weight is 576 g/mol. The first-order valence-corrected chi connectivity index (χ1v) is 13.1. The second-order valence-corrected chi connectivity index (χ2v) is 10.3. The van der Waals surface area contributed by atoms with E-state index in [2.05, 4.69) is 90.4 Å². The minimum atomic E-state index is 0. The molecule has 182 valence electrons. The monoisotopic (exact) mass is 576 g/mol. The molecule has 0 unspecified atom stereocenters. The molecule has 2 nitrogen and oxygen atoms in total. The molecular formula is C28H36Fe2N2S2+4. The van der Waals surface area contributed by atoms with E-state index in [1.165, 1.54) is 22.3 Å². The molecular weight excluding hydrogens is 540 g/mol. The summed E-state index contributed by atoms with van der Waals surface area (Å²) < 4.78 is 0. The molecule has 0 heterocycles. The van der Waals surface area contributed by atoms with Gasteiger partial charge in [-0.05, 0) is 145 Å². The van der Waals surface area contributed by atoms with Crippen molar-refractivity contribution in [1.82, 2.24) is 9.80 Å². The van der Waals surface area contributed by atoms with Crippen LogP contribution in [0.25, 0.3) is 0 Å². The van der Waals surface area contributed by atoms with Gasteiger partial charge < -0.3 is 9.80 Å². The Kier molecular flexibility index (Phi) is 21.6. The zero-order valence-electron chi connectivity index (χ0n) is 20.8. The summed E-state index contributed by atoms with van der Waals surface area (Å²) in [6.07, 6.45) is 33.2. The zero-order chi connectivity index (χ0) is 23.3. The van der Waals surface area contributed by atoms with Gasteiger partial charge in [0.05, 0.1) is 10.5 Å². The SMILES string of the molecule is C[C@@H]([C]1[CH][CH][CH][C]1SS[C]1[CH][CH][CH][C]1[C@H](C)N(C)C)N(C)C.[CH]1[CH][CH][CH][CH]1.[CH]1[CH][CH][CH][CH]1.[Fe+2].[Fe+2]. The van der Waals surface area contributed by atoms with Crippen LogP contribution in [0, 0.1) is 125 Å². The van der Waals surface area contributed by atoms with Gasteiger partial charge in [0.1, 0.15) is 0 Å². The van der Waals surface area contributed by atoms with Crippen LogP contribution in [0.15, 0.2) is 0 Å². The summed E-state index contributed by atoms with van der Waals surface area (Å²) in [5.41, 5.74) is 0. The summed E-state index contributed by atoms with van der Waals surface area (Å²) in [5.74, 6) is 2.83. The van der Waals surface area contributed by atoms with Gasteiger partial charge in [-0.1, -0.05) is 21.6 Å². The summed E-state index contributed by atoms with van der Waals surface area (Å²) in [6, 6.07) is 0.885. The molecule has 2 atom stereocenters. The van der Waals surface area contributed by atoms with Crippen LogP contribution >= 0.6 is 21.6 Å². The molecule has 34 heavy (non-hydrogen) atoms. The molecule has 4 saturated carbocycles. The van der Waals surface area contributed by atoms with Gasteiger partial charge in [-0.25, -0.2) is 0 Å². The third-order valence-electron chi connectivity index (χ3n) is 5.40. The van der Waals surface area contributed by atoms with Crippen LogP contribution in [0.5, 0.6) is 0 Å². The predicted octanol–water partition coefficient (Wildman–Crippen LogP) is 5.77. The average Bonchev–Trinajstić information content (AvgIpc) is 3.61. The second-order valence-electron chi connectivity index (χ2n) is 8.06. The molecule has 0 aromatic carbocycles. The first-order valence-electron chi connectivity index (χ1n) is 10.9. The molecule has 0 bridgehead atoms. The third-order valence-corrected chi connectivity index (χ3v) is 7.91. The topological polar surface area (TPSA) is 6.48 Å². The van der Waals surface area contributed by atoms with E-state index in [9.17, 15) is 0 Å². The van der Waals surface area contributed by atoms with Crippen molar-refractivity contribution >= 4 is 21.6 Å². The first-order chi connectivity index (χ1) is 15.4. The molecule has 0 aliphatic heterocycles. The van der Waals surface area contributed by atoms with Gasteiger partial charge in [0.15, 0.2) is 0 Å². The summed E-state index contributed by atoms with van der Waals surface area (Å²) in [6.45, 7) is 4.51. The summed E-state index contributed by atoms with van der Waals surface area (Å²) in [7, 11) is 12.3. The van der Waals surface area contributed by atoms with E-state index in [0.29, 0.717) is 12.1 Å². The number of hydrogen-bond donors (Lipinski definition) is 0. The minimum Gasteiger partial charge on any atom is -0.306 e. The van der Waals surface area contributed by atoms with E-state index in [1.807, 2.05) is 85.8 Å². The molecule has 4 aliphatic carbocycles. The minimum absolute atomic E-state index is 0. The molecule has 4 rings (SSSR count). The van der Waals surface area contributed by atoms with E-state index in [4.69, 9.17) is 0 Å². The van der Waals surface area contributed by atoms with E-state index in [-0.39, 0.29) is 34.1 Å². The van der Waals surface area contributed by atoms with Crippen LogP contribution in [0.2, 0.25) is 0 Å². The summed E-state index contributed by atoms with van der Waals surface area (Å²) >= 11 is 0. The van der Waals surface area contributed by atoms with E-state index < -0.39 is 0 Å². The van der Waals surface area contributed by atoms with Crippen LogP contribution in [-0.4, -0.2) is 50.1 Å². The fraction of sp³-hybridized carbons (Fsp3) is 0.286. The maximum absolute atomic E-state index is 2.26. The van der Waals surface area contributed by atoms with Gasteiger partial charge in [0.25, 0.3) is 0 Å². The van der Waals surface area contributed by atoms with Gasteiger partial charge >= 0.3 is 34.1 Å². The smallest absolute Gasteiger partial charge is 0.306 e. The van der Waals surface area contributed by atoms with Crippen LogP contribution in [-0.2, 0) is 34.1 Å². The summed E-state index contributed by atoms with van der Waals surface area (Å²) in [4.78, 5) is 4.51. The van der Waals surface area contributed by atoms with E-state index >= 15 is 0 Å². The standard InChI is InChI=1S/C18H26N2S2.2C5H5.2Fe/c1-13(19(3)4)15-9-7-11-17(15)21-22-18-12-8-10-16(18)14(2)20(5)6;2*1-2-4-5-3-1;;/h7-14H,1-6H3;2*1-5H;;/q;;;2*+2/t13-,14-;;;;/m0..../s1. The van der Waals surface area contributed by atoms with Gasteiger partial charge in [-0.3, -0.25) is 0 Å². The molecule has 4 fully saturated rings. The Labute approximate surface area is 243 Å². The maximum Gasteiger partial charge on any atom is 2.00 e. The van der Waals surface area contributed by atoms with E-state index in [1.54, 1.807) is 0 Å². The predicted molar refractivity (Wildman–Crippen MR) is 143 cm³/mol. The Morgan fingerprint density at radius 3 is 0.971 bits per heavy atom. The molecule has 0 spiro atoms. The van der Waals surface area contributed by atoms with Crippen molar-refractivity contribution in [2.75, 3.05) is 28.2 Å². The number of hydrogen-bond acceptors (Lipinski definition) is 4. The van der Waals surface area contributed by atoms with E-state index in [0.717, 1.165) is 0 Å². The van der Waals surface area contributed by atoms with Gasteiger partial charge in [-0.15, -0.1) is 0 Å². The molecule has 0 saturated heterocycles. The van der Waals surface area contributed by atoms with Crippen LogP contribution < -0.4 is 0 Å². The molecule has 20 radical (unpaired) electrons. The van der Waals surface area contributed by atoms with Gasteiger partial charge in [0.2, 0.25) is 0 Å². The normalized spacial score (nSPS) is 23.6. The van der Waals surface area contributed by atoms with Crippen molar-refractivity contribution < 1.29 is 34.1 Å². The Bertz CT molecular complexity index is 416. The van der Waals surface area contributed by atoms with Crippen molar-refractivity contribution in [2.24, 2.45) is 0 Å². The Hall–Kier alpha value is 1.66. The third kappa shape index (κ3) is 12.9. The van der Waals surface area contributed by atoms with Crippen molar-refractivity contribution in [2.45, 2.75) is 25.9 Å². The van der Waals surface area contributed by atoms with Crippen LogP contribution in [0.4, 0.5) is 0 Å². The maximum atomic E-state index is 2.26. The van der Waals surface area contributed by atoms with Crippen molar-refractivity contribution in [3.63, 3.8) is 0 Å². The quantitative estimate of drug-likeness (QED) is 0.281. The van der Waals surface area contributed by atoms with Crippen LogP contribution in [0.1, 0.15) is 13.8 Å². The fourth-order valence-corrected chi connectivity index (χ4v) is 5.53. The molecule has 0 aromatic heterocycles. The first kappa shape index (κ1) is 35.7. The van der Waals surface area contributed by atoms with Gasteiger partial charge in [-0.2, -0.15) is 0 Å².